The van der Waals surface area contributed by atoms with Crippen LogP contribution in [0.15, 0.2) is 59.7 Å². The minimum atomic E-state index is -2.76. The molecule has 14 nitrogen and oxygen atoms in total. The largest absolute Gasteiger partial charge is 0.494 e. The predicted octanol–water partition coefficient (Wildman–Crippen LogP) is 5.17. The lowest BCUT2D eigenvalue weighted by molar-refractivity contribution is -0.122. The molecule has 0 spiro atoms. The van der Waals surface area contributed by atoms with Gasteiger partial charge in [0.25, 0.3) is 6.47 Å². The van der Waals surface area contributed by atoms with Gasteiger partial charge in [-0.25, -0.2) is 4.98 Å². The fourth-order valence-electron chi connectivity index (χ4n) is 5.61. The molecular weight excluding hydrogens is 699 g/mol. The zero-order valence-electron chi connectivity index (χ0n) is 27.4. The maximum Gasteiger partial charge on any atom is 0.290 e. The van der Waals surface area contributed by atoms with Crippen LogP contribution < -0.4 is 25.6 Å². The molecule has 1 saturated heterocycles. The first kappa shape index (κ1) is 34.7. The van der Waals surface area contributed by atoms with Crippen LogP contribution >= 0.6 is 23.1 Å². The van der Waals surface area contributed by atoms with E-state index in [0.29, 0.717) is 49.7 Å². The van der Waals surface area contributed by atoms with Gasteiger partial charge in [-0.3, -0.25) is 19.4 Å². The van der Waals surface area contributed by atoms with Gasteiger partial charge in [-0.15, -0.1) is 0 Å². The van der Waals surface area contributed by atoms with Gasteiger partial charge in [-0.05, 0) is 67.5 Å². The summed E-state index contributed by atoms with van der Waals surface area (Å²) in [5, 5.41) is 18.7. The standard InChI is InChI=1S/C31H36BrN10O2P.CH2O2/c1-40-11-6-12-42(14-13-40)26-16-27(44-3)25(15-21(26)20-17-36-41(2)19-20)38-31-35-18-22(32)30(39-31)37-24-8-7-23-28(34-10-9-33-23)29(24)45(4,5)43;2-1-3/h7-10,15-19H,6,11-14H2,1-5H3,(H2,35,37,38,39);1H,(H,2,3). The Hall–Kier alpha value is -4.59. The number of likely N-dealkylation sites (N-methyl/N-ethyl adjacent to an activating group) is 1. The number of fused-ring (bicyclic) bond motifs is 1. The molecule has 5 aromatic rings. The Kier molecular flexibility index (Phi) is 10.9. The van der Waals surface area contributed by atoms with Crippen LogP contribution in [0.1, 0.15) is 6.42 Å². The van der Waals surface area contributed by atoms with Crippen molar-refractivity contribution in [3.05, 3.63) is 59.7 Å². The summed E-state index contributed by atoms with van der Waals surface area (Å²) in [7, 11) is 2.99. The van der Waals surface area contributed by atoms with E-state index in [2.05, 4.69) is 75.6 Å². The number of methoxy groups -OCH3 is 1. The molecular formula is C32H38BrN10O4P. The van der Waals surface area contributed by atoms with Crippen LogP contribution in [-0.2, 0) is 16.4 Å². The van der Waals surface area contributed by atoms with Gasteiger partial charge in [0.2, 0.25) is 5.95 Å². The molecule has 1 aliphatic rings. The minimum absolute atomic E-state index is 0.250. The minimum Gasteiger partial charge on any atom is -0.494 e. The first-order valence-electron chi connectivity index (χ1n) is 15.1. The molecule has 252 valence electrons. The van der Waals surface area contributed by atoms with Gasteiger partial charge < -0.3 is 34.8 Å². The number of hydrogen-bond acceptors (Lipinski definition) is 12. The van der Waals surface area contributed by atoms with Crippen LogP contribution in [0.5, 0.6) is 5.75 Å². The van der Waals surface area contributed by atoms with E-state index in [1.807, 2.05) is 31.6 Å². The Morgan fingerprint density at radius 1 is 1.00 bits per heavy atom. The van der Waals surface area contributed by atoms with Gasteiger partial charge >= 0.3 is 0 Å². The molecule has 1 aliphatic heterocycles. The zero-order valence-corrected chi connectivity index (χ0v) is 29.9. The highest BCUT2D eigenvalue weighted by Gasteiger charge is 2.24. The number of aryl methyl sites for hydroxylation is 1. The SMILES string of the molecule is COc1cc(N2CCCN(C)CC2)c(-c2cnn(C)c2)cc1Nc1ncc(Br)c(Nc2ccc3nccnc3c2P(C)(C)=O)n1.O=CO. The maximum absolute atomic E-state index is 13.4. The summed E-state index contributed by atoms with van der Waals surface area (Å²) >= 11 is 3.58. The summed E-state index contributed by atoms with van der Waals surface area (Å²) in [6, 6.07) is 7.86. The molecule has 3 N–H and O–H groups in total. The van der Waals surface area contributed by atoms with Gasteiger partial charge in [0.1, 0.15) is 24.2 Å². The molecule has 4 heterocycles. The molecule has 0 unspecified atom stereocenters. The molecule has 6 rings (SSSR count). The summed E-state index contributed by atoms with van der Waals surface area (Å²) < 4.78 is 21.8. The Bertz CT molecular complexity index is 1970. The number of anilines is 5. The normalized spacial score (nSPS) is 13.8. The molecule has 0 aliphatic carbocycles. The number of ether oxygens (including phenoxy) is 1. The maximum atomic E-state index is 13.4. The third kappa shape index (κ3) is 7.92. The van der Waals surface area contributed by atoms with Crippen LogP contribution in [0.3, 0.4) is 0 Å². The third-order valence-electron chi connectivity index (χ3n) is 7.79. The molecule has 0 radical (unpaired) electrons. The number of hydrogen-bond donors (Lipinski definition) is 3. The molecule has 2 aromatic carbocycles. The summed E-state index contributed by atoms with van der Waals surface area (Å²) in [6.07, 6.45) is 9.88. The second-order valence-corrected chi connectivity index (χ2v) is 15.6. The topological polar surface area (TPSA) is 164 Å². The molecule has 0 amide bonds. The van der Waals surface area contributed by atoms with E-state index in [9.17, 15) is 4.57 Å². The number of nitrogens with one attached hydrogen (secondary N) is 2. The number of nitrogens with zero attached hydrogens (tertiary/aromatic N) is 8. The van der Waals surface area contributed by atoms with Crippen LogP contribution in [0, 0.1) is 0 Å². The van der Waals surface area contributed by atoms with Crippen molar-refractivity contribution < 1.29 is 19.2 Å². The first-order chi connectivity index (χ1) is 23.0. The van der Waals surface area contributed by atoms with Gasteiger partial charge in [0.15, 0.2) is 0 Å². The Morgan fingerprint density at radius 3 is 2.48 bits per heavy atom. The summed E-state index contributed by atoms with van der Waals surface area (Å²) in [6.45, 7) is 7.11. The van der Waals surface area contributed by atoms with E-state index >= 15 is 0 Å². The fraction of sp³-hybridized carbons (Fsp3) is 0.312. The van der Waals surface area contributed by atoms with E-state index in [1.165, 1.54) is 0 Å². The van der Waals surface area contributed by atoms with Crippen molar-refractivity contribution in [3.63, 3.8) is 0 Å². The highest BCUT2D eigenvalue weighted by atomic mass is 79.9. The van der Waals surface area contributed by atoms with E-state index in [1.54, 1.807) is 43.7 Å². The van der Waals surface area contributed by atoms with Crippen molar-refractivity contribution in [2.75, 3.05) is 69.2 Å². The van der Waals surface area contributed by atoms with E-state index in [4.69, 9.17) is 19.6 Å². The van der Waals surface area contributed by atoms with Crippen LogP contribution in [0.4, 0.5) is 28.8 Å². The lowest BCUT2D eigenvalue weighted by Gasteiger charge is -2.27. The van der Waals surface area contributed by atoms with Crippen LogP contribution in [-0.4, -0.2) is 99.9 Å². The summed E-state index contributed by atoms with van der Waals surface area (Å²) in [5.41, 5.74) is 5.77. The highest BCUT2D eigenvalue weighted by molar-refractivity contribution is 9.10. The highest BCUT2D eigenvalue weighted by Crippen LogP contribution is 2.42. The first-order valence-corrected chi connectivity index (χ1v) is 18.5. The molecule has 0 bridgehead atoms. The van der Waals surface area contributed by atoms with Gasteiger partial charge in [-0.2, -0.15) is 10.1 Å². The van der Waals surface area contributed by atoms with E-state index in [0.717, 1.165) is 49.4 Å². The number of carboxylic acid groups (broad SMARTS) is 1. The van der Waals surface area contributed by atoms with Gasteiger partial charge in [-0.1, -0.05) is 0 Å². The number of carbonyl (C=O) groups is 1. The molecule has 0 atom stereocenters. The van der Waals surface area contributed by atoms with E-state index in [-0.39, 0.29) is 6.47 Å². The zero-order chi connectivity index (χ0) is 34.4. The molecule has 3 aromatic heterocycles. The smallest absolute Gasteiger partial charge is 0.290 e. The number of halogens is 1. The number of rotatable bonds is 8. The second-order valence-electron chi connectivity index (χ2n) is 11.6. The lowest BCUT2D eigenvalue weighted by Crippen LogP contribution is -2.29. The predicted molar refractivity (Wildman–Crippen MR) is 193 cm³/mol. The monoisotopic (exact) mass is 736 g/mol. The average Bonchev–Trinajstić information content (AvgIpc) is 3.37. The van der Waals surface area contributed by atoms with Crippen molar-refractivity contribution in [1.82, 2.24) is 34.6 Å². The van der Waals surface area contributed by atoms with Crippen molar-refractivity contribution >= 4 is 74.7 Å². The number of benzene rings is 2. The second kappa shape index (κ2) is 15.1. The van der Waals surface area contributed by atoms with Crippen molar-refractivity contribution in [2.45, 2.75) is 6.42 Å². The molecule has 16 heteroatoms. The van der Waals surface area contributed by atoms with Gasteiger partial charge in [0, 0.05) is 74.3 Å². The van der Waals surface area contributed by atoms with Crippen molar-refractivity contribution in [1.29, 1.82) is 0 Å². The molecule has 48 heavy (non-hydrogen) atoms. The van der Waals surface area contributed by atoms with Crippen LogP contribution in [0.25, 0.3) is 22.2 Å². The fourth-order valence-corrected chi connectivity index (χ4v) is 7.29. The molecule has 1 fully saturated rings. The Balaban J connectivity index is 0.00000145. The Labute approximate surface area is 287 Å². The average molecular weight is 738 g/mol. The van der Waals surface area contributed by atoms with Crippen LogP contribution in [0.2, 0.25) is 0 Å². The Morgan fingerprint density at radius 2 is 1.77 bits per heavy atom. The lowest BCUT2D eigenvalue weighted by atomic mass is 10.0. The quantitative estimate of drug-likeness (QED) is 0.141. The summed E-state index contributed by atoms with van der Waals surface area (Å²) in [5.74, 6) is 1.53. The number of aromatic nitrogens is 6. The summed E-state index contributed by atoms with van der Waals surface area (Å²) in [4.78, 5) is 31.4. The van der Waals surface area contributed by atoms with Crippen molar-refractivity contribution in [3.8, 4) is 16.9 Å². The van der Waals surface area contributed by atoms with Crippen molar-refractivity contribution in [2.24, 2.45) is 7.05 Å². The van der Waals surface area contributed by atoms with E-state index < -0.39 is 7.14 Å². The molecule has 0 saturated carbocycles. The van der Waals surface area contributed by atoms with Gasteiger partial charge in [0.05, 0.1) is 40.0 Å². The third-order valence-corrected chi connectivity index (χ3v) is 9.90.